The summed E-state index contributed by atoms with van der Waals surface area (Å²) in [5, 5.41) is 0. The number of carbonyl (C=O) groups excluding carboxylic acids is 2. The summed E-state index contributed by atoms with van der Waals surface area (Å²) in [6.07, 6.45) is 4.20. The zero-order valence-corrected chi connectivity index (χ0v) is 17.4. The number of benzene rings is 2. The van der Waals surface area contributed by atoms with Gasteiger partial charge in [-0.05, 0) is 30.2 Å². The van der Waals surface area contributed by atoms with E-state index in [9.17, 15) is 9.59 Å². The molecule has 0 spiro atoms. The average Bonchev–Trinajstić information content (AvgIpc) is 3.09. The lowest BCUT2D eigenvalue weighted by Gasteiger charge is -2.33. The molecule has 0 unspecified atom stereocenters. The third kappa shape index (κ3) is 3.84. The second kappa shape index (κ2) is 8.74. The lowest BCUT2D eigenvalue weighted by Crippen LogP contribution is -2.39. The fourth-order valence-corrected chi connectivity index (χ4v) is 4.68. The van der Waals surface area contributed by atoms with Gasteiger partial charge in [-0.1, -0.05) is 54.6 Å². The van der Waals surface area contributed by atoms with Gasteiger partial charge in [0.2, 0.25) is 5.91 Å². The molecule has 0 radical (unpaired) electrons. The second-order valence-electron chi connectivity index (χ2n) is 7.86. The van der Waals surface area contributed by atoms with E-state index in [1.807, 2.05) is 59.5 Å². The third-order valence-electron chi connectivity index (χ3n) is 6.10. The number of likely N-dealkylation sites (tertiary alicyclic amines) is 1. The Kier molecular flexibility index (Phi) is 5.88. The van der Waals surface area contributed by atoms with Crippen molar-refractivity contribution in [1.82, 2.24) is 4.90 Å². The molecule has 0 bridgehead atoms. The zero-order valence-electron chi connectivity index (χ0n) is 17.4. The lowest BCUT2D eigenvalue weighted by molar-refractivity contribution is -0.154. The molecule has 0 aromatic heterocycles. The van der Waals surface area contributed by atoms with Crippen LogP contribution >= 0.6 is 0 Å². The summed E-state index contributed by atoms with van der Waals surface area (Å²) in [7, 11) is 1.63. The van der Waals surface area contributed by atoms with Crippen LogP contribution in [0.5, 0.6) is 5.75 Å². The Labute approximate surface area is 177 Å². The molecule has 1 aliphatic heterocycles. The highest BCUT2D eigenvalue weighted by Crippen LogP contribution is 2.45. The second-order valence-corrected chi connectivity index (χ2v) is 7.86. The maximum atomic E-state index is 13.4. The van der Waals surface area contributed by atoms with Gasteiger partial charge in [-0.25, -0.2) is 0 Å². The Balaban J connectivity index is 1.60. The van der Waals surface area contributed by atoms with Gasteiger partial charge >= 0.3 is 5.97 Å². The van der Waals surface area contributed by atoms with E-state index < -0.39 is 11.8 Å². The number of rotatable bonds is 6. The van der Waals surface area contributed by atoms with Gasteiger partial charge in [-0.15, -0.1) is 0 Å². The highest BCUT2D eigenvalue weighted by molar-refractivity contribution is 5.89. The number of nitrogens with zero attached hydrogens (tertiary/aromatic N) is 1. The van der Waals surface area contributed by atoms with Gasteiger partial charge in [-0.2, -0.15) is 0 Å². The third-order valence-corrected chi connectivity index (χ3v) is 6.10. The van der Waals surface area contributed by atoms with E-state index in [1.54, 1.807) is 14.0 Å². The first-order valence-electron chi connectivity index (χ1n) is 10.4. The maximum absolute atomic E-state index is 13.4. The molecule has 0 saturated carbocycles. The van der Waals surface area contributed by atoms with E-state index in [1.165, 1.54) is 0 Å². The normalized spacial score (nSPS) is 25.1. The number of esters is 1. The molecule has 1 amide bonds. The zero-order chi connectivity index (χ0) is 21.1. The van der Waals surface area contributed by atoms with E-state index in [0.717, 1.165) is 16.9 Å². The van der Waals surface area contributed by atoms with Crippen LogP contribution in [0.25, 0.3) is 0 Å². The van der Waals surface area contributed by atoms with Crippen LogP contribution in [0.3, 0.4) is 0 Å². The van der Waals surface area contributed by atoms with E-state index in [0.29, 0.717) is 19.7 Å². The highest BCUT2D eigenvalue weighted by Gasteiger charge is 2.51. The molecular weight excluding hydrogens is 378 g/mol. The number of amides is 1. The van der Waals surface area contributed by atoms with Gasteiger partial charge in [0.25, 0.3) is 0 Å². The van der Waals surface area contributed by atoms with Gasteiger partial charge in [0.15, 0.2) is 0 Å². The van der Waals surface area contributed by atoms with Gasteiger partial charge < -0.3 is 14.4 Å². The topological polar surface area (TPSA) is 55.8 Å². The number of methoxy groups -OCH3 is 1. The monoisotopic (exact) mass is 405 g/mol. The Bertz CT molecular complexity index is 922. The van der Waals surface area contributed by atoms with Crippen molar-refractivity contribution >= 4 is 11.9 Å². The smallest absolute Gasteiger partial charge is 0.310 e. The Hall–Kier alpha value is -3.08. The van der Waals surface area contributed by atoms with Crippen LogP contribution in [0.1, 0.15) is 24.0 Å². The molecule has 30 heavy (non-hydrogen) atoms. The van der Waals surface area contributed by atoms with Crippen molar-refractivity contribution in [2.45, 2.75) is 19.4 Å². The Morgan fingerprint density at radius 2 is 1.80 bits per heavy atom. The summed E-state index contributed by atoms with van der Waals surface area (Å²) in [5.74, 6) is -0.504. The Morgan fingerprint density at radius 3 is 2.47 bits per heavy atom. The van der Waals surface area contributed by atoms with Crippen LogP contribution in [0.2, 0.25) is 0 Å². The fourth-order valence-electron chi connectivity index (χ4n) is 4.68. The molecule has 1 aliphatic carbocycles. The van der Waals surface area contributed by atoms with Crippen molar-refractivity contribution in [2.75, 3.05) is 20.3 Å². The molecule has 1 heterocycles. The minimum atomic E-state index is -0.504. The minimum absolute atomic E-state index is 0.0186. The summed E-state index contributed by atoms with van der Waals surface area (Å²) in [5.41, 5.74) is 2.07. The van der Waals surface area contributed by atoms with Crippen LogP contribution in [0, 0.1) is 17.8 Å². The van der Waals surface area contributed by atoms with Gasteiger partial charge in [0.05, 0.1) is 25.6 Å². The predicted octanol–water partition coefficient (Wildman–Crippen LogP) is 3.80. The van der Waals surface area contributed by atoms with Crippen molar-refractivity contribution in [2.24, 2.45) is 17.8 Å². The lowest BCUT2D eigenvalue weighted by atomic mass is 9.69. The molecule has 5 nitrogen and oxygen atoms in total. The van der Waals surface area contributed by atoms with Crippen molar-refractivity contribution in [3.63, 3.8) is 0 Å². The fraction of sp³-hybridized carbons (Fsp3) is 0.360. The summed E-state index contributed by atoms with van der Waals surface area (Å²) < 4.78 is 10.6. The van der Waals surface area contributed by atoms with E-state index in [-0.39, 0.29) is 23.7 Å². The molecule has 1 fully saturated rings. The van der Waals surface area contributed by atoms with Crippen LogP contribution in [0.4, 0.5) is 0 Å². The number of allylic oxidation sites excluding steroid dienone is 1. The van der Waals surface area contributed by atoms with E-state index in [2.05, 4.69) is 12.2 Å². The molecule has 5 heteroatoms. The van der Waals surface area contributed by atoms with E-state index >= 15 is 0 Å². The largest absolute Gasteiger partial charge is 0.497 e. The van der Waals surface area contributed by atoms with Gasteiger partial charge in [0, 0.05) is 24.9 Å². The molecule has 2 aromatic carbocycles. The molecule has 2 aliphatic rings. The first-order valence-corrected chi connectivity index (χ1v) is 10.4. The van der Waals surface area contributed by atoms with Crippen molar-refractivity contribution in [1.29, 1.82) is 0 Å². The van der Waals surface area contributed by atoms with Crippen molar-refractivity contribution in [3.8, 4) is 5.75 Å². The van der Waals surface area contributed by atoms with E-state index in [4.69, 9.17) is 9.47 Å². The summed E-state index contributed by atoms with van der Waals surface area (Å²) in [6, 6.07) is 17.6. The van der Waals surface area contributed by atoms with Crippen LogP contribution in [0.15, 0.2) is 66.7 Å². The molecule has 4 rings (SSSR count). The maximum Gasteiger partial charge on any atom is 0.310 e. The minimum Gasteiger partial charge on any atom is -0.497 e. The summed E-state index contributed by atoms with van der Waals surface area (Å²) >= 11 is 0. The van der Waals surface area contributed by atoms with Crippen molar-refractivity contribution in [3.05, 3.63) is 77.9 Å². The van der Waals surface area contributed by atoms with Gasteiger partial charge in [0.1, 0.15) is 5.75 Å². The molecule has 156 valence electrons. The molecule has 1 saturated heterocycles. The van der Waals surface area contributed by atoms with Crippen LogP contribution in [-0.2, 0) is 20.9 Å². The van der Waals surface area contributed by atoms with Crippen LogP contribution < -0.4 is 4.74 Å². The summed E-state index contributed by atoms with van der Waals surface area (Å²) in [4.78, 5) is 28.2. The van der Waals surface area contributed by atoms with Crippen LogP contribution in [-0.4, -0.2) is 37.0 Å². The SMILES string of the molecule is CCOC(=O)[C@H]1[C@@H]2C(=O)N(Cc3ccc(OC)cc3)C[C@H]2C=C[C@H]1c1ccccc1. The molecular formula is C25H27NO4. The number of hydrogen-bond donors (Lipinski definition) is 0. The first kappa shape index (κ1) is 20.2. The summed E-state index contributed by atoms with van der Waals surface area (Å²) in [6.45, 7) is 3.25. The molecule has 0 N–H and O–H groups in total. The standard InChI is InChI=1S/C25H27NO4/c1-3-30-25(28)23-21(18-7-5-4-6-8-18)14-11-19-16-26(24(27)22(19)23)15-17-9-12-20(29-2)13-10-17/h4-14,19,21-23H,3,15-16H2,1-2H3/t19-,21+,22-,23-/m1/s1. The van der Waals surface area contributed by atoms with Crippen molar-refractivity contribution < 1.29 is 19.1 Å². The van der Waals surface area contributed by atoms with Gasteiger partial charge in [-0.3, -0.25) is 9.59 Å². The number of ether oxygens (including phenoxy) is 2. The predicted molar refractivity (Wildman–Crippen MR) is 114 cm³/mol. The average molecular weight is 405 g/mol. The Morgan fingerprint density at radius 1 is 1.07 bits per heavy atom. The number of carbonyl (C=O) groups is 2. The number of fused-ring (bicyclic) bond motifs is 1. The first-order chi connectivity index (χ1) is 14.6. The molecule has 2 aromatic rings. The molecule has 4 atom stereocenters. The quantitative estimate of drug-likeness (QED) is 0.542. The number of hydrogen-bond acceptors (Lipinski definition) is 4. The highest BCUT2D eigenvalue weighted by atomic mass is 16.5.